The Labute approximate surface area is 119 Å². The second-order valence-corrected chi connectivity index (χ2v) is 6.06. The van der Waals surface area contributed by atoms with Gasteiger partial charge < -0.3 is 5.32 Å². The van der Waals surface area contributed by atoms with Crippen molar-refractivity contribution in [2.24, 2.45) is 5.14 Å². The summed E-state index contributed by atoms with van der Waals surface area (Å²) in [6.07, 6.45) is 6.89. The lowest BCUT2D eigenvalue weighted by atomic mass is 10.1. The second-order valence-electron chi connectivity index (χ2n) is 4.50. The maximum absolute atomic E-state index is 12.1. The third kappa shape index (κ3) is 4.08. The summed E-state index contributed by atoms with van der Waals surface area (Å²) in [5.74, 6) is 2.19. The molecule has 3 N–H and O–H groups in total. The number of carbonyl (C=O) groups is 1. The van der Waals surface area contributed by atoms with Gasteiger partial charge in [-0.25, -0.2) is 13.6 Å². The quantitative estimate of drug-likeness (QED) is 0.799. The predicted octanol–water partition coefficient (Wildman–Crippen LogP) is 1.17. The van der Waals surface area contributed by atoms with Crippen molar-refractivity contribution in [1.82, 2.24) is 5.32 Å². The molecule has 20 heavy (non-hydrogen) atoms. The van der Waals surface area contributed by atoms with Crippen LogP contribution in [0.15, 0.2) is 23.1 Å². The average Bonchev–Trinajstić information content (AvgIpc) is 2.36. The van der Waals surface area contributed by atoms with Gasteiger partial charge in [-0.3, -0.25) is 4.79 Å². The fraction of sp³-hybridized carbons (Fsp3) is 0.357. The highest BCUT2D eigenvalue weighted by atomic mass is 32.2. The molecule has 0 fully saturated rings. The highest BCUT2D eigenvalue weighted by molar-refractivity contribution is 7.89. The summed E-state index contributed by atoms with van der Waals surface area (Å²) in [7, 11) is -3.77. The molecule has 0 radical (unpaired) electrons. The van der Waals surface area contributed by atoms with Crippen LogP contribution in [0.5, 0.6) is 0 Å². The first kappa shape index (κ1) is 16.2. The smallest absolute Gasteiger partial charge is 0.252 e. The first-order chi connectivity index (χ1) is 9.29. The maximum Gasteiger partial charge on any atom is 0.252 e. The van der Waals surface area contributed by atoms with E-state index < -0.39 is 10.0 Å². The Hall–Kier alpha value is -1.84. The Kier molecular flexibility index (Phi) is 5.31. The van der Waals surface area contributed by atoms with Crippen molar-refractivity contribution in [1.29, 1.82) is 0 Å². The van der Waals surface area contributed by atoms with Crippen molar-refractivity contribution >= 4 is 15.9 Å². The number of sulfonamides is 1. The molecule has 0 saturated heterocycles. The zero-order chi connectivity index (χ0) is 15.3. The van der Waals surface area contributed by atoms with E-state index in [9.17, 15) is 13.2 Å². The molecule has 0 spiro atoms. The Bertz CT molecular complexity index is 645. The topological polar surface area (TPSA) is 89.3 Å². The average molecular weight is 294 g/mol. The van der Waals surface area contributed by atoms with Crippen LogP contribution in [-0.4, -0.2) is 20.4 Å². The molecule has 0 heterocycles. The van der Waals surface area contributed by atoms with Gasteiger partial charge in [0.1, 0.15) is 0 Å². The largest absolute Gasteiger partial charge is 0.338 e. The molecule has 1 amide bonds. The minimum Gasteiger partial charge on any atom is -0.338 e. The molecule has 108 valence electrons. The summed E-state index contributed by atoms with van der Waals surface area (Å²) < 4.78 is 22.5. The molecular weight excluding hydrogens is 276 g/mol. The number of primary sulfonamides is 1. The van der Waals surface area contributed by atoms with Crippen LogP contribution in [0.4, 0.5) is 0 Å². The van der Waals surface area contributed by atoms with Gasteiger partial charge in [-0.1, -0.05) is 19.3 Å². The lowest BCUT2D eigenvalue weighted by Crippen LogP contribution is -2.34. The number of amides is 1. The fourth-order valence-corrected chi connectivity index (χ4v) is 2.39. The van der Waals surface area contributed by atoms with Gasteiger partial charge in [-0.15, -0.1) is 6.42 Å². The van der Waals surface area contributed by atoms with Gasteiger partial charge in [-0.2, -0.15) is 0 Å². The second kappa shape index (κ2) is 6.55. The minimum atomic E-state index is -3.77. The molecule has 1 rings (SSSR count). The molecule has 0 saturated carbocycles. The number of carbonyl (C=O) groups excluding carboxylic acids is 1. The van der Waals surface area contributed by atoms with Gasteiger partial charge in [-0.05, 0) is 37.1 Å². The molecule has 1 aromatic carbocycles. The number of hydrogen-bond acceptors (Lipinski definition) is 3. The van der Waals surface area contributed by atoms with Crippen LogP contribution < -0.4 is 10.5 Å². The molecule has 5 nitrogen and oxygen atoms in total. The van der Waals surface area contributed by atoms with Crippen molar-refractivity contribution in [2.75, 3.05) is 0 Å². The summed E-state index contributed by atoms with van der Waals surface area (Å²) in [4.78, 5) is 12.1. The Morgan fingerprint density at radius 1 is 1.50 bits per heavy atom. The van der Waals surface area contributed by atoms with Crippen LogP contribution in [0.25, 0.3) is 0 Å². The SMILES string of the molecule is C#CC(CCC)NC(=O)c1ccc(S(N)(=O)=O)cc1C. The van der Waals surface area contributed by atoms with Crippen LogP contribution in [0, 0.1) is 19.3 Å². The third-order valence-corrected chi connectivity index (χ3v) is 3.77. The number of hydrogen-bond donors (Lipinski definition) is 2. The molecule has 0 aliphatic carbocycles. The van der Waals surface area contributed by atoms with Gasteiger partial charge in [0.2, 0.25) is 10.0 Å². The summed E-state index contributed by atoms with van der Waals surface area (Å²) >= 11 is 0. The molecule has 1 unspecified atom stereocenters. The molecule has 1 aromatic rings. The van der Waals surface area contributed by atoms with Crippen molar-refractivity contribution < 1.29 is 13.2 Å². The van der Waals surface area contributed by atoms with Crippen molar-refractivity contribution in [3.63, 3.8) is 0 Å². The Balaban J connectivity index is 2.98. The number of aryl methyl sites for hydroxylation is 1. The van der Waals surface area contributed by atoms with Crippen LogP contribution >= 0.6 is 0 Å². The summed E-state index contributed by atoms with van der Waals surface area (Å²) in [6.45, 7) is 3.62. The Morgan fingerprint density at radius 3 is 2.60 bits per heavy atom. The summed E-state index contributed by atoms with van der Waals surface area (Å²) in [5, 5.41) is 7.77. The van der Waals surface area contributed by atoms with E-state index in [0.29, 0.717) is 17.5 Å². The zero-order valence-corrected chi connectivity index (χ0v) is 12.3. The van der Waals surface area contributed by atoms with E-state index in [-0.39, 0.29) is 16.8 Å². The molecular formula is C14H18N2O3S. The monoisotopic (exact) mass is 294 g/mol. The number of benzene rings is 1. The van der Waals surface area contributed by atoms with Gasteiger partial charge >= 0.3 is 0 Å². The molecule has 6 heteroatoms. The van der Waals surface area contributed by atoms with Crippen molar-refractivity contribution in [2.45, 2.75) is 37.6 Å². The van der Waals surface area contributed by atoms with E-state index in [4.69, 9.17) is 11.6 Å². The highest BCUT2D eigenvalue weighted by Crippen LogP contribution is 2.14. The first-order valence-electron chi connectivity index (χ1n) is 6.20. The van der Waals surface area contributed by atoms with Crippen molar-refractivity contribution in [3.8, 4) is 12.3 Å². The standard InChI is InChI=1S/C14H18N2O3S/c1-4-6-11(5-2)16-14(17)13-8-7-12(9-10(13)3)20(15,18)19/h2,7-9,11H,4,6H2,1,3H3,(H,16,17)(H2,15,18,19). The van der Waals surface area contributed by atoms with Gasteiger partial charge in [0.05, 0.1) is 10.9 Å². The molecule has 1 atom stereocenters. The van der Waals surface area contributed by atoms with Gasteiger partial charge in [0, 0.05) is 5.56 Å². The summed E-state index contributed by atoms with van der Waals surface area (Å²) in [5.41, 5.74) is 0.912. The van der Waals surface area contributed by atoms with Crippen molar-refractivity contribution in [3.05, 3.63) is 29.3 Å². The molecule has 0 bridgehead atoms. The number of nitrogens with one attached hydrogen (secondary N) is 1. The van der Waals surface area contributed by atoms with E-state index in [1.807, 2.05) is 6.92 Å². The van der Waals surface area contributed by atoms with E-state index in [0.717, 1.165) is 6.42 Å². The fourth-order valence-electron chi connectivity index (χ4n) is 1.79. The number of terminal acetylenes is 1. The van der Waals surface area contributed by atoms with E-state index in [2.05, 4.69) is 11.2 Å². The molecule has 0 aliphatic rings. The van der Waals surface area contributed by atoms with Gasteiger partial charge in [0.25, 0.3) is 5.91 Å². The van der Waals surface area contributed by atoms with E-state index in [1.165, 1.54) is 18.2 Å². The number of rotatable bonds is 5. The Morgan fingerprint density at radius 2 is 2.15 bits per heavy atom. The maximum atomic E-state index is 12.1. The minimum absolute atomic E-state index is 0.0198. The van der Waals surface area contributed by atoms with Crippen LogP contribution in [-0.2, 0) is 10.0 Å². The van der Waals surface area contributed by atoms with E-state index >= 15 is 0 Å². The molecule has 0 aromatic heterocycles. The van der Waals surface area contributed by atoms with E-state index in [1.54, 1.807) is 6.92 Å². The van der Waals surface area contributed by atoms with Gasteiger partial charge in [0.15, 0.2) is 0 Å². The predicted molar refractivity (Wildman–Crippen MR) is 77.5 cm³/mol. The normalized spacial score (nSPS) is 12.5. The van der Waals surface area contributed by atoms with Crippen LogP contribution in [0.3, 0.4) is 0 Å². The lowest BCUT2D eigenvalue weighted by molar-refractivity contribution is 0.0943. The first-order valence-corrected chi connectivity index (χ1v) is 7.74. The lowest BCUT2D eigenvalue weighted by Gasteiger charge is -2.13. The number of nitrogens with two attached hydrogens (primary N) is 1. The molecule has 0 aliphatic heterocycles. The third-order valence-electron chi connectivity index (χ3n) is 2.85. The zero-order valence-electron chi connectivity index (χ0n) is 11.5. The van der Waals surface area contributed by atoms with Crippen LogP contribution in [0.1, 0.15) is 35.7 Å². The van der Waals surface area contributed by atoms with Crippen LogP contribution in [0.2, 0.25) is 0 Å². The highest BCUT2D eigenvalue weighted by Gasteiger charge is 2.15. The summed E-state index contributed by atoms with van der Waals surface area (Å²) in [6, 6.07) is 3.78.